The number of anilines is 1. The van der Waals surface area contributed by atoms with Crippen LogP contribution in [0.15, 0.2) is 53.4 Å². The van der Waals surface area contributed by atoms with Gasteiger partial charge in [-0.25, -0.2) is 13.1 Å². The molecule has 0 bridgehead atoms. The first-order valence-electron chi connectivity index (χ1n) is 10.3. The zero-order valence-corrected chi connectivity index (χ0v) is 19.4. The Kier molecular flexibility index (Phi) is 9.90. The maximum absolute atomic E-state index is 12.6. The molecule has 2 rings (SSSR count). The second-order valence-electron chi connectivity index (χ2n) is 6.88. The smallest absolute Gasteiger partial charge is 0.261 e. The summed E-state index contributed by atoms with van der Waals surface area (Å²) in [6.45, 7) is 4.93. The van der Waals surface area contributed by atoms with Crippen molar-refractivity contribution in [1.29, 1.82) is 0 Å². The lowest BCUT2D eigenvalue weighted by Gasteiger charge is -2.13. The Balaban J connectivity index is 1.96. The van der Waals surface area contributed by atoms with Crippen LogP contribution in [0.1, 0.15) is 49.9 Å². The number of carbonyl (C=O) groups excluding carboxylic acids is 1. The van der Waals surface area contributed by atoms with Gasteiger partial charge in [-0.1, -0.05) is 38.8 Å². The summed E-state index contributed by atoms with van der Waals surface area (Å²) in [5.41, 5.74) is 0.954. The number of amides is 1. The van der Waals surface area contributed by atoms with E-state index in [1.165, 1.54) is 12.1 Å². The van der Waals surface area contributed by atoms with E-state index in [-0.39, 0.29) is 15.9 Å². The summed E-state index contributed by atoms with van der Waals surface area (Å²) in [7, 11) is -3.53. The van der Waals surface area contributed by atoms with E-state index in [0.29, 0.717) is 36.6 Å². The van der Waals surface area contributed by atoms with Gasteiger partial charge in [0, 0.05) is 12.2 Å². The predicted octanol–water partition coefficient (Wildman–Crippen LogP) is 4.07. The van der Waals surface area contributed by atoms with Crippen LogP contribution in [0.5, 0.6) is 5.75 Å². The normalized spacial score (nSPS) is 11.0. The Morgan fingerprint density at radius 1 is 1.00 bits per heavy atom. The van der Waals surface area contributed by atoms with Gasteiger partial charge in [-0.05, 0) is 61.5 Å². The van der Waals surface area contributed by atoms with E-state index in [1.807, 2.05) is 13.0 Å². The average Bonchev–Trinajstić information content (AvgIpc) is 2.76. The molecular formula is C22H29N3O4S2. The Bertz CT molecular complexity index is 977. The van der Waals surface area contributed by atoms with Crippen molar-refractivity contribution in [2.24, 2.45) is 0 Å². The molecular weight excluding hydrogens is 434 g/mol. The predicted molar refractivity (Wildman–Crippen MR) is 127 cm³/mol. The first-order chi connectivity index (χ1) is 14.9. The molecule has 0 aliphatic rings. The molecule has 2 aromatic rings. The highest BCUT2D eigenvalue weighted by atomic mass is 32.2. The monoisotopic (exact) mass is 463 g/mol. The first kappa shape index (κ1) is 24.8. The number of hydrogen-bond donors (Lipinski definition) is 3. The zero-order valence-electron chi connectivity index (χ0n) is 17.8. The van der Waals surface area contributed by atoms with E-state index in [9.17, 15) is 13.2 Å². The molecule has 7 nitrogen and oxygen atoms in total. The number of para-hydroxylation sites is 1. The van der Waals surface area contributed by atoms with E-state index in [0.717, 1.165) is 19.3 Å². The van der Waals surface area contributed by atoms with Gasteiger partial charge in [-0.15, -0.1) is 0 Å². The molecule has 3 N–H and O–H groups in total. The van der Waals surface area contributed by atoms with Crippen LogP contribution in [0, 0.1) is 0 Å². The van der Waals surface area contributed by atoms with Gasteiger partial charge in [-0.3, -0.25) is 10.1 Å². The molecule has 0 aliphatic carbocycles. The molecule has 0 aliphatic heterocycles. The van der Waals surface area contributed by atoms with Gasteiger partial charge in [0.25, 0.3) is 5.91 Å². The van der Waals surface area contributed by atoms with E-state index >= 15 is 0 Å². The summed E-state index contributed by atoms with van der Waals surface area (Å²) < 4.78 is 32.5. The molecule has 2 aromatic carbocycles. The molecule has 1 amide bonds. The first-order valence-corrected chi connectivity index (χ1v) is 12.2. The molecule has 0 saturated carbocycles. The zero-order chi connectivity index (χ0) is 22.7. The summed E-state index contributed by atoms with van der Waals surface area (Å²) in [5.74, 6) is 0.125. The molecule has 0 unspecified atom stereocenters. The number of rotatable bonds is 11. The topological polar surface area (TPSA) is 96.5 Å². The van der Waals surface area contributed by atoms with Crippen molar-refractivity contribution in [3.05, 3.63) is 54.1 Å². The summed E-state index contributed by atoms with van der Waals surface area (Å²) in [6.07, 6.45) is 3.79. The minimum Gasteiger partial charge on any atom is -0.493 e. The molecule has 31 heavy (non-hydrogen) atoms. The lowest BCUT2D eigenvalue weighted by atomic mass is 10.2. The minimum absolute atomic E-state index is 0.102. The largest absolute Gasteiger partial charge is 0.493 e. The van der Waals surface area contributed by atoms with Gasteiger partial charge in [0.1, 0.15) is 5.75 Å². The van der Waals surface area contributed by atoms with Crippen molar-refractivity contribution < 1.29 is 17.9 Å². The van der Waals surface area contributed by atoms with E-state index < -0.39 is 10.0 Å². The van der Waals surface area contributed by atoms with Crippen LogP contribution in [0.25, 0.3) is 0 Å². The maximum atomic E-state index is 12.6. The summed E-state index contributed by atoms with van der Waals surface area (Å²) >= 11 is 5.23. The van der Waals surface area contributed by atoms with Gasteiger partial charge >= 0.3 is 0 Å². The fourth-order valence-electron chi connectivity index (χ4n) is 2.68. The SMILES string of the molecule is CCCCCOc1ccccc1C(=O)NC(=S)Nc1ccc(S(=O)(=O)NCCC)cc1. The fourth-order valence-corrected chi connectivity index (χ4v) is 4.03. The molecule has 0 spiro atoms. The molecule has 168 valence electrons. The Hall–Kier alpha value is -2.49. The molecule has 0 fully saturated rings. The number of nitrogens with one attached hydrogen (secondary N) is 3. The second-order valence-corrected chi connectivity index (χ2v) is 9.06. The van der Waals surface area contributed by atoms with Gasteiger partial charge < -0.3 is 10.1 Å². The molecule has 0 saturated heterocycles. The van der Waals surface area contributed by atoms with Gasteiger partial charge in [-0.2, -0.15) is 0 Å². The summed E-state index contributed by atoms with van der Waals surface area (Å²) in [6, 6.07) is 13.1. The third kappa shape index (κ3) is 7.93. The van der Waals surface area contributed by atoms with Crippen LogP contribution in [0.3, 0.4) is 0 Å². The van der Waals surface area contributed by atoms with E-state index in [2.05, 4.69) is 22.3 Å². The van der Waals surface area contributed by atoms with E-state index in [1.54, 1.807) is 30.3 Å². The van der Waals surface area contributed by atoms with E-state index in [4.69, 9.17) is 17.0 Å². The Morgan fingerprint density at radius 3 is 2.39 bits per heavy atom. The molecule has 0 radical (unpaired) electrons. The van der Waals surface area contributed by atoms with Crippen molar-refractivity contribution in [3.8, 4) is 5.75 Å². The Morgan fingerprint density at radius 2 is 1.71 bits per heavy atom. The summed E-state index contributed by atoms with van der Waals surface area (Å²) in [4.78, 5) is 12.8. The summed E-state index contributed by atoms with van der Waals surface area (Å²) in [5, 5.41) is 5.62. The van der Waals surface area contributed by atoms with Crippen LogP contribution in [-0.2, 0) is 10.0 Å². The average molecular weight is 464 g/mol. The van der Waals surface area contributed by atoms with Crippen molar-refractivity contribution in [1.82, 2.24) is 10.0 Å². The molecule has 9 heteroatoms. The highest BCUT2D eigenvalue weighted by Gasteiger charge is 2.15. The number of hydrogen-bond acceptors (Lipinski definition) is 5. The van der Waals surface area contributed by atoms with Crippen LogP contribution in [0.4, 0.5) is 5.69 Å². The lowest BCUT2D eigenvalue weighted by molar-refractivity contribution is 0.0973. The number of sulfonamides is 1. The minimum atomic E-state index is -3.53. The van der Waals surface area contributed by atoms with Crippen LogP contribution in [-0.4, -0.2) is 32.6 Å². The van der Waals surface area contributed by atoms with Gasteiger partial charge in [0.15, 0.2) is 5.11 Å². The highest BCUT2D eigenvalue weighted by Crippen LogP contribution is 2.19. The molecule has 0 aromatic heterocycles. The third-order valence-electron chi connectivity index (χ3n) is 4.33. The number of benzene rings is 2. The number of unbranched alkanes of at least 4 members (excludes halogenated alkanes) is 2. The van der Waals surface area contributed by atoms with Crippen molar-refractivity contribution in [3.63, 3.8) is 0 Å². The number of ether oxygens (including phenoxy) is 1. The third-order valence-corrected chi connectivity index (χ3v) is 6.01. The number of carbonyl (C=O) groups is 1. The van der Waals surface area contributed by atoms with Crippen molar-refractivity contribution in [2.45, 2.75) is 44.4 Å². The van der Waals surface area contributed by atoms with Gasteiger partial charge in [0.05, 0.1) is 17.1 Å². The van der Waals surface area contributed by atoms with Crippen molar-refractivity contribution >= 4 is 38.9 Å². The van der Waals surface area contributed by atoms with Crippen LogP contribution in [0.2, 0.25) is 0 Å². The quantitative estimate of drug-likeness (QED) is 0.343. The maximum Gasteiger partial charge on any atom is 0.261 e. The highest BCUT2D eigenvalue weighted by molar-refractivity contribution is 7.89. The van der Waals surface area contributed by atoms with Gasteiger partial charge in [0.2, 0.25) is 10.0 Å². The standard InChI is InChI=1S/C22H29N3O4S2/c1-3-5-8-16-29-20-10-7-6-9-19(20)21(26)25-22(30)24-17-11-13-18(14-12-17)31(27,28)23-15-4-2/h6-7,9-14,23H,3-5,8,15-16H2,1-2H3,(H2,24,25,26,30). The molecule has 0 atom stereocenters. The van der Waals surface area contributed by atoms with Crippen LogP contribution >= 0.6 is 12.2 Å². The number of thiocarbonyl (C=S) groups is 1. The molecule has 0 heterocycles. The van der Waals surface area contributed by atoms with Crippen LogP contribution < -0.4 is 20.1 Å². The fraction of sp³-hybridized carbons (Fsp3) is 0.364. The lowest BCUT2D eigenvalue weighted by Crippen LogP contribution is -2.34. The second kappa shape index (κ2) is 12.4. The van der Waals surface area contributed by atoms with Crippen molar-refractivity contribution in [2.75, 3.05) is 18.5 Å². The Labute approximate surface area is 189 Å².